The van der Waals surface area contributed by atoms with Crippen LogP contribution in [-0.4, -0.2) is 8.42 Å². The van der Waals surface area contributed by atoms with Gasteiger partial charge in [0.2, 0.25) is 0 Å². The summed E-state index contributed by atoms with van der Waals surface area (Å²) in [5.74, 6) is -0.670. The van der Waals surface area contributed by atoms with Crippen LogP contribution in [0.15, 0.2) is 47.4 Å². The fourth-order valence-corrected chi connectivity index (χ4v) is 3.54. The van der Waals surface area contributed by atoms with Crippen molar-refractivity contribution in [3.05, 3.63) is 59.4 Å². The van der Waals surface area contributed by atoms with Gasteiger partial charge >= 0.3 is 0 Å². The molecule has 0 heterocycles. The first kappa shape index (κ1) is 13.5. The molecule has 2 N–H and O–H groups in total. The average Bonchev–Trinajstić information content (AvgIpc) is 2.27. The van der Waals surface area contributed by atoms with Crippen molar-refractivity contribution in [3.63, 3.8) is 0 Å². The predicted octanol–water partition coefficient (Wildman–Crippen LogP) is 2.69. The maximum atomic E-state index is 13.1. The van der Waals surface area contributed by atoms with E-state index in [0.717, 1.165) is 0 Å². The standard InChI is InChI=1S/C14H14FNO2S/c1-10-7-13(16)5-6-14(10)19(17,18)9-11-3-2-4-12(15)8-11/h2-8H,9,16H2,1H3. The lowest BCUT2D eigenvalue weighted by molar-refractivity contribution is 0.594. The third-order valence-electron chi connectivity index (χ3n) is 2.78. The Balaban J connectivity index is 2.38. The molecule has 0 aliphatic carbocycles. The van der Waals surface area contributed by atoms with Crippen LogP contribution in [0.3, 0.4) is 0 Å². The van der Waals surface area contributed by atoms with Gasteiger partial charge < -0.3 is 5.73 Å². The van der Waals surface area contributed by atoms with Gasteiger partial charge in [-0.1, -0.05) is 12.1 Å². The minimum absolute atomic E-state index is 0.227. The summed E-state index contributed by atoms with van der Waals surface area (Å²) in [6, 6.07) is 10.2. The number of sulfone groups is 1. The van der Waals surface area contributed by atoms with Crippen molar-refractivity contribution in [3.8, 4) is 0 Å². The molecular formula is C14H14FNO2S. The van der Waals surface area contributed by atoms with E-state index >= 15 is 0 Å². The maximum absolute atomic E-state index is 13.1. The third-order valence-corrected chi connectivity index (χ3v) is 4.62. The van der Waals surface area contributed by atoms with E-state index in [1.807, 2.05) is 0 Å². The fourth-order valence-electron chi connectivity index (χ4n) is 1.95. The Labute approximate surface area is 111 Å². The maximum Gasteiger partial charge on any atom is 0.182 e. The fraction of sp³-hybridized carbons (Fsp3) is 0.143. The lowest BCUT2D eigenvalue weighted by Crippen LogP contribution is -2.07. The molecule has 0 spiro atoms. The van der Waals surface area contributed by atoms with Gasteiger partial charge in [0.25, 0.3) is 0 Å². The first-order chi connectivity index (χ1) is 8.88. The molecule has 3 nitrogen and oxygen atoms in total. The van der Waals surface area contributed by atoms with Crippen LogP contribution in [-0.2, 0) is 15.6 Å². The van der Waals surface area contributed by atoms with Gasteiger partial charge in [-0.05, 0) is 48.4 Å². The number of hydrogen-bond donors (Lipinski definition) is 1. The zero-order valence-corrected chi connectivity index (χ0v) is 11.2. The van der Waals surface area contributed by atoms with E-state index in [1.54, 1.807) is 25.1 Å². The number of hydrogen-bond acceptors (Lipinski definition) is 3. The van der Waals surface area contributed by atoms with Crippen molar-refractivity contribution in [1.29, 1.82) is 0 Å². The van der Waals surface area contributed by atoms with Crippen LogP contribution in [0.4, 0.5) is 10.1 Å². The van der Waals surface area contributed by atoms with E-state index in [4.69, 9.17) is 5.73 Å². The van der Waals surface area contributed by atoms with Crippen molar-refractivity contribution in [1.82, 2.24) is 0 Å². The highest BCUT2D eigenvalue weighted by atomic mass is 32.2. The molecule has 0 unspecified atom stereocenters. The van der Waals surface area contributed by atoms with Crippen LogP contribution < -0.4 is 5.73 Å². The van der Waals surface area contributed by atoms with E-state index in [9.17, 15) is 12.8 Å². The van der Waals surface area contributed by atoms with Gasteiger partial charge in [-0.3, -0.25) is 0 Å². The second-order valence-electron chi connectivity index (χ2n) is 4.41. The normalized spacial score (nSPS) is 11.5. The highest BCUT2D eigenvalue weighted by Crippen LogP contribution is 2.22. The Kier molecular flexibility index (Phi) is 3.57. The Bertz CT molecular complexity index is 711. The topological polar surface area (TPSA) is 60.2 Å². The predicted molar refractivity (Wildman–Crippen MR) is 72.9 cm³/mol. The Hall–Kier alpha value is -1.88. The van der Waals surface area contributed by atoms with Crippen LogP contribution in [0.25, 0.3) is 0 Å². The van der Waals surface area contributed by atoms with Gasteiger partial charge in [0, 0.05) is 5.69 Å². The molecule has 100 valence electrons. The summed E-state index contributed by atoms with van der Waals surface area (Å²) in [7, 11) is -3.50. The molecule has 2 aromatic rings. The quantitative estimate of drug-likeness (QED) is 0.879. The van der Waals surface area contributed by atoms with E-state index < -0.39 is 15.7 Å². The lowest BCUT2D eigenvalue weighted by Gasteiger charge is -2.08. The number of rotatable bonds is 3. The van der Waals surface area contributed by atoms with Gasteiger partial charge in [0.15, 0.2) is 9.84 Å². The zero-order valence-electron chi connectivity index (χ0n) is 10.4. The second-order valence-corrected chi connectivity index (χ2v) is 6.37. The summed E-state index contributed by atoms with van der Waals surface area (Å²) >= 11 is 0. The summed E-state index contributed by atoms with van der Waals surface area (Å²) < 4.78 is 37.6. The minimum Gasteiger partial charge on any atom is -0.399 e. The minimum atomic E-state index is -3.50. The molecule has 0 atom stereocenters. The average molecular weight is 279 g/mol. The highest BCUT2D eigenvalue weighted by molar-refractivity contribution is 7.90. The number of anilines is 1. The second kappa shape index (κ2) is 5.01. The van der Waals surface area contributed by atoms with E-state index in [-0.39, 0.29) is 10.6 Å². The molecule has 0 amide bonds. The molecule has 19 heavy (non-hydrogen) atoms. The number of halogens is 1. The molecule has 2 aromatic carbocycles. The molecule has 0 fully saturated rings. The monoisotopic (exact) mass is 279 g/mol. The van der Waals surface area contributed by atoms with Crippen molar-refractivity contribution < 1.29 is 12.8 Å². The molecule has 0 saturated carbocycles. The summed E-state index contributed by atoms with van der Waals surface area (Å²) in [4.78, 5) is 0.228. The van der Waals surface area contributed by atoms with E-state index in [2.05, 4.69) is 0 Å². The first-order valence-electron chi connectivity index (χ1n) is 5.72. The van der Waals surface area contributed by atoms with E-state index in [1.165, 1.54) is 24.3 Å². The summed E-state index contributed by atoms with van der Waals surface area (Å²) in [6.45, 7) is 1.69. The van der Waals surface area contributed by atoms with Crippen LogP contribution in [0.2, 0.25) is 0 Å². The Morgan fingerprint density at radius 3 is 2.53 bits per heavy atom. The molecule has 0 aliphatic heterocycles. The van der Waals surface area contributed by atoms with Gasteiger partial charge in [-0.2, -0.15) is 0 Å². The van der Waals surface area contributed by atoms with Crippen LogP contribution >= 0.6 is 0 Å². The summed E-state index contributed by atoms with van der Waals surface area (Å²) in [5.41, 5.74) is 7.14. The van der Waals surface area contributed by atoms with Crippen molar-refractivity contribution in [2.75, 3.05) is 5.73 Å². The smallest absolute Gasteiger partial charge is 0.182 e. The molecule has 0 radical (unpaired) electrons. The van der Waals surface area contributed by atoms with Crippen molar-refractivity contribution in [2.45, 2.75) is 17.6 Å². The van der Waals surface area contributed by atoms with Gasteiger partial charge in [-0.15, -0.1) is 0 Å². The molecule has 2 rings (SSSR count). The van der Waals surface area contributed by atoms with Crippen LogP contribution in [0, 0.1) is 12.7 Å². The third kappa shape index (κ3) is 3.12. The lowest BCUT2D eigenvalue weighted by atomic mass is 10.2. The molecular weight excluding hydrogens is 265 g/mol. The largest absolute Gasteiger partial charge is 0.399 e. The number of aryl methyl sites for hydroxylation is 1. The number of nitrogens with two attached hydrogens (primary N) is 1. The Morgan fingerprint density at radius 2 is 1.89 bits per heavy atom. The van der Waals surface area contributed by atoms with Crippen LogP contribution in [0.1, 0.15) is 11.1 Å². The van der Waals surface area contributed by atoms with Crippen molar-refractivity contribution in [2.24, 2.45) is 0 Å². The molecule has 0 bridgehead atoms. The number of nitrogen functional groups attached to an aromatic ring is 1. The number of benzene rings is 2. The van der Waals surface area contributed by atoms with Gasteiger partial charge in [0.1, 0.15) is 5.82 Å². The van der Waals surface area contributed by atoms with E-state index in [0.29, 0.717) is 16.8 Å². The molecule has 5 heteroatoms. The SMILES string of the molecule is Cc1cc(N)ccc1S(=O)(=O)Cc1cccc(F)c1. The van der Waals surface area contributed by atoms with Gasteiger partial charge in [0.05, 0.1) is 10.6 Å². The molecule has 0 aliphatic rings. The van der Waals surface area contributed by atoms with Crippen LogP contribution in [0.5, 0.6) is 0 Å². The molecule has 0 saturated heterocycles. The molecule has 0 aromatic heterocycles. The first-order valence-corrected chi connectivity index (χ1v) is 7.37. The van der Waals surface area contributed by atoms with Gasteiger partial charge in [-0.25, -0.2) is 12.8 Å². The van der Waals surface area contributed by atoms with Crippen molar-refractivity contribution >= 4 is 15.5 Å². The Morgan fingerprint density at radius 1 is 1.16 bits per heavy atom. The summed E-state index contributed by atoms with van der Waals surface area (Å²) in [5, 5.41) is 0. The summed E-state index contributed by atoms with van der Waals surface area (Å²) in [6.07, 6.45) is 0. The highest BCUT2D eigenvalue weighted by Gasteiger charge is 2.18. The zero-order chi connectivity index (χ0) is 14.0.